The summed E-state index contributed by atoms with van der Waals surface area (Å²) in [6, 6.07) is 10.2. The van der Waals surface area contributed by atoms with E-state index in [2.05, 4.69) is 15.1 Å². The van der Waals surface area contributed by atoms with E-state index in [1.54, 1.807) is 0 Å². The van der Waals surface area contributed by atoms with Crippen molar-refractivity contribution in [2.75, 3.05) is 39.3 Å². The molecule has 0 aromatic heterocycles. The lowest BCUT2D eigenvalue weighted by Crippen LogP contribution is -2.51. The second-order valence-corrected chi connectivity index (χ2v) is 6.20. The topological polar surface area (TPSA) is 55.8 Å². The van der Waals surface area contributed by atoms with Crippen LogP contribution in [0.25, 0.3) is 0 Å². The van der Waals surface area contributed by atoms with Gasteiger partial charge in [-0.05, 0) is 18.4 Å². The first-order chi connectivity index (χ1) is 10.8. The molecule has 2 aliphatic rings. The van der Waals surface area contributed by atoms with E-state index in [4.69, 9.17) is 5.11 Å². The van der Waals surface area contributed by atoms with Crippen LogP contribution in [0.15, 0.2) is 30.3 Å². The van der Waals surface area contributed by atoms with Crippen molar-refractivity contribution in [2.45, 2.75) is 24.9 Å². The third kappa shape index (κ3) is 3.85. The summed E-state index contributed by atoms with van der Waals surface area (Å²) in [6.07, 6.45) is 2.22. The minimum Gasteiger partial charge on any atom is -0.395 e. The van der Waals surface area contributed by atoms with E-state index in [9.17, 15) is 4.79 Å². The zero-order valence-corrected chi connectivity index (χ0v) is 12.9. The van der Waals surface area contributed by atoms with E-state index in [0.29, 0.717) is 6.04 Å². The Kier molecular flexibility index (Phi) is 5.08. The van der Waals surface area contributed by atoms with Crippen LogP contribution in [0.2, 0.25) is 0 Å². The maximum absolute atomic E-state index is 12.7. The molecule has 1 aliphatic carbocycles. The molecule has 120 valence electrons. The molecule has 1 aliphatic heterocycles. The number of amides is 1. The maximum Gasteiger partial charge on any atom is 0.242 e. The van der Waals surface area contributed by atoms with Gasteiger partial charge in [0.25, 0.3) is 0 Å². The van der Waals surface area contributed by atoms with Crippen LogP contribution in [0, 0.1) is 0 Å². The summed E-state index contributed by atoms with van der Waals surface area (Å²) in [7, 11) is 0. The highest BCUT2D eigenvalue weighted by Gasteiger charge is 2.33. The molecule has 1 aromatic carbocycles. The van der Waals surface area contributed by atoms with Crippen LogP contribution in [-0.4, -0.2) is 66.2 Å². The summed E-state index contributed by atoms with van der Waals surface area (Å²) in [5.41, 5.74) is 1.07. The number of rotatable bonds is 6. The number of piperazine rings is 1. The largest absolute Gasteiger partial charge is 0.395 e. The number of hydrogen-bond acceptors (Lipinski definition) is 4. The number of β-amino-alcohol motifs (C(OH)–C–C–N with tert-alkyl or cyclic N) is 1. The van der Waals surface area contributed by atoms with Crippen molar-refractivity contribution in [2.24, 2.45) is 0 Å². The average Bonchev–Trinajstić information content (AvgIpc) is 3.35. The Morgan fingerprint density at radius 3 is 2.45 bits per heavy atom. The molecule has 3 rings (SSSR count). The molecule has 2 N–H and O–H groups in total. The van der Waals surface area contributed by atoms with Crippen LogP contribution in [0.5, 0.6) is 0 Å². The molecule has 2 fully saturated rings. The van der Waals surface area contributed by atoms with Crippen LogP contribution >= 0.6 is 0 Å². The molecular weight excluding hydrogens is 278 g/mol. The summed E-state index contributed by atoms with van der Waals surface area (Å²) < 4.78 is 0. The monoisotopic (exact) mass is 303 g/mol. The summed E-state index contributed by atoms with van der Waals surface area (Å²) in [4.78, 5) is 17.2. The number of carbonyl (C=O) groups excluding carboxylic acids is 1. The summed E-state index contributed by atoms with van der Waals surface area (Å²) in [6.45, 7) is 4.44. The molecular formula is C17H25N3O2. The number of aliphatic hydroxyl groups is 1. The minimum absolute atomic E-state index is 0.129. The lowest BCUT2D eigenvalue weighted by molar-refractivity contribution is -0.127. The van der Waals surface area contributed by atoms with Crippen LogP contribution in [0.4, 0.5) is 0 Å². The SMILES string of the molecule is O=C(NC1CC1)[C@@H](c1ccccc1)N1CCN(CCO)CC1. The number of nitrogens with zero attached hydrogens (tertiary/aromatic N) is 2. The smallest absolute Gasteiger partial charge is 0.242 e. The van der Waals surface area contributed by atoms with Gasteiger partial charge in [0.2, 0.25) is 5.91 Å². The first-order valence-electron chi connectivity index (χ1n) is 8.20. The van der Waals surface area contributed by atoms with Gasteiger partial charge >= 0.3 is 0 Å². The van der Waals surface area contributed by atoms with E-state index in [1.807, 2.05) is 30.3 Å². The molecule has 1 saturated heterocycles. The van der Waals surface area contributed by atoms with Crippen molar-refractivity contribution >= 4 is 5.91 Å². The zero-order chi connectivity index (χ0) is 15.4. The van der Waals surface area contributed by atoms with Gasteiger partial charge in [-0.1, -0.05) is 30.3 Å². The number of aliphatic hydroxyl groups excluding tert-OH is 1. The van der Waals surface area contributed by atoms with Crippen LogP contribution in [0.1, 0.15) is 24.4 Å². The van der Waals surface area contributed by atoms with Gasteiger partial charge in [0, 0.05) is 38.8 Å². The van der Waals surface area contributed by atoms with Gasteiger partial charge in [-0.3, -0.25) is 14.6 Å². The minimum atomic E-state index is -0.196. The Hall–Kier alpha value is -1.43. The quantitative estimate of drug-likeness (QED) is 0.809. The van der Waals surface area contributed by atoms with E-state index in [0.717, 1.165) is 51.1 Å². The van der Waals surface area contributed by atoms with Gasteiger partial charge in [0.05, 0.1) is 6.61 Å². The Bertz CT molecular complexity index is 482. The first kappa shape index (κ1) is 15.5. The van der Waals surface area contributed by atoms with Crippen LogP contribution < -0.4 is 5.32 Å². The van der Waals surface area contributed by atoms with Crippen molar-refractivity contribution in [3.63, 3.8) is 0 Å². The summed E-state index contributed by atoms with van der Waals surface area (Å²) >= 11 is 0. The van der Waals surface area contributed by atoms with Gasteiger partial charge in [-0.2, -0.15) is 0 Å². The molecule has 1 aromatic rings. The van der Waals surface area contributed by atoms with Gasteiger partial charge < -0.3 is 10.4 Å². The van der Waals surface area contributed by atoms with Gasteiger partial charge in [0.1, 0.15) is 6.04 Å². The van der Waals surface area contributed by atoms with Crippen molar-refractivity contribution in [3.05, 3.63) is 35.9 Å². The predicted octanol–water partition coefficient (Wildman–Crippen LogP) is 0.616. The number of nitrogens with one attached hydrogen (secondary N) is 1. The Balaban J connectivity index is 1.69. The molecule has 1 saturated carbocycles. The third-order valence-corrected chi connectivity index (χ3v) is 4.48. The second-order valence-electron chi connectivity index (χ2n) is 6.20. The molecule has 1 atom stereocenters. The first-order valence-corrected chi connectivity index (χ1v) is 8.20. The molecule has 22 heavy (non-hydrogen) atoms. The molecule has 0 bridgehead atoms. The zero-order valence-electron chi connectivity index (χ0n) is 12.9. The number of carbonyl (C=O) groups is 1. The van der Waals surface area contributed by atoms with Crippen molar-refractivity contribution < 1.29 is 9.90 Å². The molecule has 1 amide bonds. The highest BCUT2D eigenvalue weighted by Crippen LogP contribution is 2.25. The predicted molar refractivity (Wildman–Crippen MR) is 85.4 cm³/mol. The normalized spacial score (nSPS) is 21.5. The Morgan fingerprint density at radius 2 is 1.86 bits per heavy atom. The number of benzene rings is 1. The maximum atomic E-state index is 12.7. The molecule has 5 heteroatoms. The van der Waals surface area contributed by atoms with E-state index < -0.39 is 0 Å². The molecule has 0 spiro atoms. The van der Waals surface area contributed by atoms with E-state index in [1.165, 1.54) is 0 Å². The van der Waals surface area contributed by atoms with Crippen molar-refractivity contribution in [3.8, 4) is 0 Å². The second kappa shape index (κ2) is 7.22. The van der Waals surface area contributed by atoms with Crippen LogP contribution in [-0.2, 0) is 4.79 Å². The molecule has 0 radical (unpaired) electrons. The Morgan fingerprint density at radius 1 is 1.18 bits per heavy atom. The third-order valence-electron chi connectivity index (χ3n) is 4.48. The highest BCUT2D eigenvalue weighted by atomic mass is 16.3. The van der Waals surface area contributed by atoms with E-state index in [-0.39, 0.29) is 18.6 Å². The average molecular weight is 303 g/mol. The fourth-order valence-corrected chi connectivity index (χ4v) is 3.06. The number of hydrogen-bond donors (Lipinski definition) is 2. The molecule has 1 heterocycles. The lowest BCUT2D eigenvalue weighted by Gasteiger charge is -2.38. The lowest BCUT2D eigenvalue weighted by atomic mass is 10.0. The van der Waals surface area contributed by atoms with Crippen molar-refractivity contribution in [1.82, 2.24) is 15.1 Å². The molecule has 5 nitrogen and oxygen atoms in total. The summed E-state index contributed by atoms with van der Waals surface area (Å²) in [5, 5.41) is 12.2. The van der Waals surface area contributed by atoms with Gasteiger partial charge in [0.15, 0.2) is 0 Å². The fourth-order valence-electron chi connectivity index (χ4n) is 3.06. The van der Waals surface area contributed by atoms with Gasteiger partial charge in [-0.15, -0.1) is 0 Å². The standard InChI is InChI=1S/C17H25N3O2/c21-13-12-19-8-10-20(11-9-19)16(14-4-2-1-3-5-14)17(22)18-15-6-7-15/h1-5,15-16,21H,6-13H2,(H,18,22)/t16-/m1/s1. The molecule has 0 unspecified atom stereocenters. The summed E-state index contributed by atoms with van der Waals surface area (Å²) in [5.74, 6) is 0.129. The van der Waals surface area contributed by atoms with E-state index >= 15 is 0 Å². The highest BCUT2D eigenvalue weighted by molar-refractivity contribution is 5.83. The Labute approximate surface area is 131 Å². The van der Waals surface area contributed by atoms with Gasteiger partial charge in [-0.25, -0.2) is 0 Å². The van der Waals surface area contributed by atoms with Crippen molar-refractivity contribution in [1.29, 1.82) is 0 Å². The van der Waals surface area contributed by atoms with Crippen LogP contribution in [0.3, 0.4) is 0 Å². The fraction of sp³-hybridized carbons (Fsp3) is 0.588.